The van der Waals surface area contributed by atoms with Crippen LogP contribution in [0.2, 0.25) is 0 Å². The highest BCUT2D eigenvalue weighted by atomic mass is 16.3. The summed E-state index contributed by atoms with van der Waals surface area (Å²) >= 11 is 0. The first-order chi connectivity index (χ1) is 14.1. The molecule has 29 heavy (non-hydrogen) atoms. The van der Waals surface area contributed by atoms with E-state index in [1.165, 1.54) is 35.1 Å². The highest BCUT2D eigenvalue weighted by Gasteiger charge is 2.42. The smallest absolute Gasteiger partial charge is 0.131 e. The highest BCUT2D eigenvalue weighted by Crippen LogP contribution is 2.43. The van der Waals surface area contributed by atoms with Gasteiger partial charge in [0.15, 0.2) is 0 Å². The zero-order chi connectivity index (χ0) is 20.4. The van der Waals surface area contributed by atoms with Crippen molar-refractivity contribution in [3.63, 3.8) is 0 Å². The molecule has 0 aromatic rings. The van der Waals surface area contributed by atoms with Gasteiger partial charge in [0, 0.05) is 0 Å². The van der Waals surface area contributed by atoms with E-state index in [-0.39, 0.29) is 11.5 Å². The molecule has 0 aliphatic heterocycles. The summed E-state index contributed by atoms with van der Waals surface area (Å²) < 4.78 is 0. The molecular weight excluding hydrogens is 364 g/mol. The monoisotopic (exact) mass is 396 g/mol. The Kier molecular flexibility index (Phi) is 5.84. The fourth-order valence-electron chi connectivity index (χ4n) is 5.17. The van der Waals surface area contributed by atoms with E-state index in [9.17, 15) is 20.4 Å². The van der Waals surface area contributed by atoms with Crippen LogP contribution in [0.25, 0.3) is 0 Å². The van der Waals surface area contributed by atoms with Crippen LogP contribution in [-0.2, 0) is 0 Å². The molecule has 4 heteroatoms. The van der Waals surface area contributed by atoms with E-state index in [4.69, 9.17) is 0 Å². The van der Waals surface area contributed by atoms with E-state index in [2.05, 4.69) is 0 Å². The second-order valence-corrected chi connectivity index (χ2v) is 8.84. The van der Waals surface area contributed by atoms with Gasteiger partial charge in [-0.1, -0.05) is 35.5 Å². The molecule has 0 atom stereocenters. The molecule has 0 saturated carbocycles. The first kappa shape index (κ1) is 20.2. The van der Waals surface area contributed by atoms with Crippen LogP contribution in [0.3, 0.4) is 0 Å². The van der Waals surface area contributed by atoms with Crippen LogP contribution in [0.4, 0.5) is 0 Å². The topological polar surface area (TPSA) is 80.9 Å². The number of hydrogen-bond donors (Lipinski definition) is 4. The lowest BCUT2D eigenvalue weighted by molar-refractivity contribution is 0.0428. The number of aliphatic hydroxyl groups excluding tert-OH is 4. The zero-order valence-corrected chi connectivity index (χ0v) is 17.1. The summed E-state index contributed by atoms with van der Waals surface area (Å²) in [6, 6.07) is 0. The van der Waals surface area contributed by atoms with Gasteiger partial charge in [-0.15, -0.1) is 0 Å². The summed E-state index contributed by atoms with van der Waals surface area (Å²) in [4.78, 5) is 0. The predicted molar refractivity (Wildman–Crippen MR) is 114 cm³/mol. The minimum absolute atomic E-state index is 0.113. The van der Waals surface area contributed by atoms with Crippen molar-refractivity contribution in [2.75, 3.05) is 13.2 Å². The number of hydrogen-bond acceptors (Lipinski definition) is 4. The minimum Gasteiger partial charge on any atom is -0.511 e. The van der Waals surface area contributed by atoms with Crippen LogP contribution < -0.4 is 0 Å². The van der Waals surface area contributed by atoms with Gasteiger partial charge in [-0.05, 0) is 86.5 Å². The molecule has 4 nitrogen and oxygen atoms in total. The molecule has 0 unspecified atom stereocenters. The molecule has 0 fully saturated rings. The quantitative estimate of drug-likeness (QED) is 0.490. The van der Waals surface area contributed by atoms with Gasteiger partial charge in [0.25, 0.3) is 0 Å². The van der Waals surface area contributed by atoms with Crippen molar-refractivity contribution < 1.29 is 20.4 Å². The maximum Gasteiger partial charge on any atom is 0.131 e. The second kappa shape index (κ2) is 8.37. The summed E-state index contributed by atoms with van der Waals surface area (Å²) in [6.45, 7) is -1.10. The van der Waals surface area contributed by atoms with Crippen molar-refractivity contribution in [2.24, 2.45) is 5.41 Å². The Balaban J connectivity index is 1.69. The Bertz CT molecular complexity index is 791. The first-order valence-electron chi connectivity index (χ1n) is 10.9. The van der Waals surface area contributed by atoms with Crippen LogP contribution in [-0.4, -0.2) is 33.6 Å². The normalized spacial score (nSPS) is 25.7. The lowest BCUT2D eigenvalue weighted by Gasteiger charge is -2.33. The van der Waals surface area contributed by atoms with E-state index in [1.54, 1.807) is 0 Å². The fourth-order valence-corrected chi connectivity index (χ4v) is 5.17. The van der Waals surface area contributed by atoms with Crippen LogP contribution in [0, 0.1) is 5.41 Å². The molecule has 0 aromatic heterocycles. The fraction of sp³-hybridized carbons (Fsp3) is 0.520. The summed E-state index contributed by atoms with van der Waals surface area (Å²) in [5, 5.41) is 42.8. The van der Waals surface area contributed by atoms with Crippen LogP contribution in [0.1, 0.15) is 64.2 Å². The Morgan fingerprint density at radius 2 is 1.07 bits per heavy atom. The Morgan fingerprint density at radius 3 is 1.48 bits per heavy atom. The molecule has 0 radical (unpaired) electrons. The van der Waals surface area contributed by atoms with E-state index in [0.29, 0.717) is 24.0 Å². The Labute approximate surface area is 173 Å². The standard InChI is InChI=1S/C25H32O4/c26-15-25(16-27,23(28)21-11-9-17-5-1-3-7-19(17)13-21)24(29)22-12-10-18-6-2-4-8-20(18)14-22/h9-12,26-29H,1-8,13-16H2. The van der Waals surface area contributed by atoms with Gasteiger partial charge < -0.3 is 20.4 Å². The summed E-state index contributed by atoms with van der Waals surface area (Å²) in [6.07, 6.45) is 18.0. The van der Waals surface area contributed by atoms with Crippen molar-refractivity contribution in [1.29, 1.82) is 0 Å². The van der Waals surface area contributed by atoms with Gasteiger partial charge in [-0.3, -0.25) is 0 Å². The van der Waals surface area contributed by atoms with E-state index >= 15 is 0 Å². The summed E-state index contributed by atoms with van der Waals surface area (Å²) in [7, 11) is 0. The third-order valence-corrected chi connectivity index (χ3v) is 7.09. The molecule has 4 aliphatic carbocycles. The largest absolute Gasteiger partial charge is 0.511 e. The lowest BCUT2D eigenvalue weighted by atomic mass is 9.75. The van der Waals surface area contributed by atoms with E-state index in [1.807, 2.05) is 24.3 Å². The molecule has 156 valence electrons. The van der Waals surface area contributed by atoms with Crippen molar-refractivity contribution in [1.82, 2.24) is 0 Å². The average Bonchev–Trinajstić information content (AvgIpc) is 2.79. The maximum absolute atomic E-state index is 11.2. The molecule has 4 aliphatic rings. The van der Waals surface area contributed by atoms with Crippen LogP contribution in [0.5, 0.6) is 0 Å². The van der Waals surface area contributed by atoms with Gasteiger partial charge in [-0.25, -0.2) is 0 Å². The maximum atomic E-state index is 11.2. The molecule has 4 rings (SSSR count). The lowest BCUT2D eigenvalue weighted by Crippen LogP contribution is -2.36. The molecular formula is C25H32O4. The van der Waals surface area contributed by atoms with Crippen molar-refractivity contribution in [3.8, 4) is 0 Å². The zero-order valence-electron chi connectivity index (χ0n) is 17.1. The minimum atomic E-state index is -1.57. The Hall–Kier alpha value is -2.04. The van der Waals surface area contributed by atoms with Gasteiger partial charge in [0.05, 0.1) is 13.2 Å². The number of aliphatic hydroxyl groups is 4. The number of allylic oxidation sites excluding steroid dienone is 10. The van der Waals surface area contributed by atoms with E-state index in [0.717, 1.165) is 38.5 Å². The Morgan fingerprint density at radius 1 is 0.655 bits per heavy atom. The van der Waals surface area contributed by atoms with Crippen molar-refractivity contribution >= 4 is 0 Å². The molecule has 0 bridgehead atoms. The summed E-state index contributed by atoms with van der Waals surface area (Å²) in [5.74, 6) is -0.226. The van der Waals surface area contributed by atoms with Gasteiger partial charge in [-0.2, -0.15) is 0 Å². The molecule has 0 saturated heterocycles. The first-order valence-corrected chi connectivity index (χ1v) is 10.9. The molecule has 0 aromatic carbocycles. The second-order valence-electron chi connectivity index (χ2n) is 8.84. The van der Waals surface area contributed by atoms with Crippen LogP contribution >= 0.6 is 0 Å². The van der Waals surface area contributed by atoms with Gasteiger partial charge in [0.1, 0.15) is 16.9 Å². The SMILES string of the molecule is OCC(CO)(C(O)=C1C=CC2=C(CCCC2)C1)C(O)=C1C=CC2=C(CCCC2)C1. The van der Waals surface area contributed by atoms with Crippen molar-refractivity contribution in [3.05, 3.63) is 69.3 Å². The van der Waals surface area contributed by atoms with Crippen LogP contribution in [0.15, 0.2) is 69.3 Å². The average molecular weight is 397 g/mol. The molecule has 0 heterocycles. The molecule has 0 amide bonds. The number of rotatable bonds is 4. The third-order valence-electron chi connectivity index (χ3n) is 7.09. The summed E-state index contributed by atoms with van der Waals surface area (Å²) in [5.41, 5.74) is 5.13. The van der Waals surface area contributed by atoms with Gasteiger partial charge >= 0.3 is 0 Å². The molecule has 0 spiro atoms. The highest BCUT2D eigenvalue weighted by molar-refractivity contribution is 5.48. The third kappa shape index (κ3) is 3.64. The predicted octanol–water partition coefficient (Wildman–Crippen LogP) is 5.24. The van der Waals surface area contributed by atoms with Crippen molar-refractivity contribution in [2.45, 2.75) is 64.2 Å². The van der Waals surface area contributed by atoms with Gasteiger partial charge in [0.2, 0.25) is 0 Å². The molecule has 4 N–H and O–H groups in total. The van der Waals surface area contributed by atoms with E-state index < -0.39 is 18.6 Å².